The van der Waals surface area contributed by atoms with Gasteiger partial charge in [0, 0.05) is 18.0 Å². The van der Waals surface area contributed by atoms with Crippen LogP contribution in [0.4, 0.5) is 0 Å². The molecule has 3 nitrogen and oxygen atoms in total. The Morgan fingerprint density at radius 2 is 2.07 bits per heavy atom. The summed E-state index contributed by atoms with van der Waals surface area (Å²) in [5, 5.41) is 13.2. The number of hydrogen-bond acceptors (Lipinski definition) is 2. The molecule has 3 rings (SSSR count). The predicted octanol–water partition coefficient (Wildman–Crippen LogP) is 5.30. The molecule has 4 heteroatoms. The van der Waals surface area contributed by atoms with Gasteiger partial charge < -0.3 is 10.4 Å². The number of rotatable bonds is 9. The third kappa shape index (κ3) is 5.03. The topological polar surface area (TPSA) is 49.3 Å². The number of benzene rings is 1. The number of carbonyl (C=O) groups is 1. The Kier molecular flexibility index (Phi) is 6.78. The van der Waals surface area contributed by atoms with Crippen molar-refractivity contribution in [1.82, 2.24) is 5.32 Å². The van der Waals surface area contributed by atoms with Crippen molar-refractivity contribution in [3.05, 3.63) is 58.1 Å². The van der Waals surface area contributed by atoms with Crippen LogP contribution >= 0.6 is 11.6 Å². The van der Waals surface area contributed by atoms with Crippen molar-refractivity contribution in [2.45, 2.75) is 46.1 Å². The fourth-order valence-electron chi connectivity index (χ4n) is 4.69. The first-order valence-corrected chi connectivity index (χ1v) is 10.4. The summed E-state index contributed by atoms with van der Waals surface area (Å²) in [6.45, 7) is 5.99. The number of aliphatic carboxylic acids is 1. The zero-order valence-corrected chi connectivity index (χ0v) is 17.0. The molecule has 0 saturated heterocycles. The van der Waals surface area contributed by atoms with Crippen molar-refractivity contribution in [3.63, 3.8) is 0 Å². The van der Waals surface area contributed by atoms with E-state index in [9.17, 15) is 4.79 Å². The fraction of sp³-hybridized carbons (Fsp3) is 0.522. The van der Waals surface area contributed by atoms with Gasteiger partial charge in [-0.1, -0.05) is 42.0 Å². The number of allylic oxidation sites excluding steroid dienone is 4. The van der Waals surface area contributed by atoms with E-state index in [-0.39, 0.29) is 6.42 Å². The van der Waals surface area contributed by atoms with Crippen molar-refractivity contribution in [2.75, 3.05) is 6.54 Å². The molecule has 1 aromatic carbocycles. The van der Waals surface area contributed by atoms with E-state index in [0.717, 1.165) is 31.0 Å². The molecule has 2 bridgehead atoms. The first-order chi connectivity index (χ1) is 13.0. The summed E-state index contributed by atoms with van der Waals surface area (Å²) in [4.78, 5) is 10.6. The van der Waals surface area contributed by atoms with Gasteiger partial charge >= 0.3 is 5.97 Å². The minimum atomic E-state index is -0.710. The zero-order valence-electron chi connectivity index (χ0n) is 16.2. The Hall–Kier alpha value is -1.58. The summed E-state index contributed by atoms with van der Waals surface area (Å²) >= 11 is 6.44. The lowest BCUT2D eigenvalue weighted by Gasteiger charge is -2.26. The first kappa shape index (κ1) is 20.2. The average Bonchev–Trinajstić information content (AvgIpc) is 3.18. The lowest BCUT2D eigenvalue weighted by atomic mass is 9.82. The zero-order chi connectivity index (χ0) is 19.4. The van der Waals surface area contributed by atoms with Gasteiger partial charge in [0.25, 0.3) is 0 Å². The summed E-state index contributed by atoms with van der Waals surface area (Å²) in [6.07, 6.45) is 12.4. The van der Waals surface area contributed by atoms with E-state index in [1.165, 1.54) is 23.1 Å². The molecule has 2 N–H and O–H groups in total. The second kappa shape index (κ2) is 9.07. The van der Waals surface area contributed by atoms with Crippen LogP contribution in [0.2, 0.25) is 5.02 Å². The van der Waals surface area contributed by atoms with Gasteiger partial charge in [0.15, 0.2) is 0 Å². The second-order valence-corrected chi connectivity index (χ2v) is 8.48. The molecule has 0 radical (unpaired) electrons. The van der Waals surface area contributed by atoms with Crippen LogP contribution in [0, 0.1) is 37.5 Å². The van der Waals surface area contributed by atoms with Gasteiger partial charge in [-0.15, -0.1) is 0 Å². The molecule has 0 amide bonds. The molecule has 1 fully saturated rings. The highest BCUT2D eigenvalue weighted by molar-refractivity contribution is 6.31. The van der Waals surface area contributed by atoms with E-state index in [4.69, 9.17) is 16.7 Å². The van der Waals surface area contributed by atoms with Gasteiger partial charge in [0.2, 0.25) is 0 Å². The number of carboxylic acid groups (broad SMARTS) is 1. The SMILES string of the molecule is Cc1cc(C)c(CNC[C@@H]2[C@@H](/C=C\CCCC(=O)O)[C@@H]3C=C[C@H]2C3)c(Cl)c1. The number of hydrogen-bond donors (Lipinski definition) is 2. The van der Waals surface area contributed by atoms with Crippen molar-refractivity contribution >= 4 is 17.6 Å². The maximum atomic E-state index is 10.6. The first-order valence-electron chi connectivity index (χ1n) is 9.99. The lowest BCUT2D eigenvalue weighted by molar-refractivity contribution is -0.137. The molecular formula is C23H30ClNO2. The number of carboxylic acids is 1. The van der Waals surface area contributed by atoms with E-state index in [1.807, 2.05) is 6.07 Å². The van der Waals surface area contributed by atoms with Crippen molar-refractivity contribution in [2.24, 2.45) is 23.7 Å². The van der Waals surface area contributed by atoms with Gasteiger partial charge in [-0.2, -0.15) is 0 Å². The van der Waals surface area contributed by atoms with E-state index in [0.29, 0.717) is 23.7 Å². The molecular weight excluding hydrogens is 358 g/mol. The lowest BCUT2D eigenvalue weighted by Crippen LogP contribution is -2.30. The Morgan fingerprint density at radius 3 is 2.81 bits per heavy atom. The van der Waals surface area contributed by atoms with Gasteiger partial charge in [-0.3, -0.25) is 4.79 Å². The van der Waals surface area contributed by atoms with Crippen LogP contribution in [-0.2, 0) is 11.3 Å². The Morgan fingerprint density at radius 1 is 1.30 bits per heavy atom. The Bertz CT molecular complexity index is 717. The van der Waals surface area contributed by atoms with Crippen LogP contribution in [-0.4, -0.2) is 17.6 Å². The number of fused-ring (bicyclic) bond motifs is 2. The number of nitrogens with one attached hydrogen (secondary N) is 1. The molecule has 0 aliphatic heterocycles. The van der Waals surface area contributed by atoms with E-state index in [2.05, 4.69) is 49.5 Å². The molecule has 0 spiro atoms. The highest BCUT2D eigenvalue weighted by Gasteiger charge is 2.42. The number of halogens is 1. The normalized spacial score (nSPS) is 26.3. The third-order valence-corrected chi connectivity index (χ3v) is 6.39. The molecule has 1 saturated carbocycles. The maximum absolute atomic E-state index is 10.6. The second-order valence-electron chi connectivity index (χ2n) is 8.08. The highest BCUT2D eigenvalue weighted by atomic mass is 35.5. The maximum Gasteiger partial charge on any atom is 0.303 e. The smallest absolute Gasteiger partial charge is 0.303 e. The van der Waals surface area contributed by atoms with Gasteiger partial charge in [-0.05, 0) is 86.1 Å². The highest BCUT2D eigenvalue weighted by Crippen LogP contribution is 2.48. The Balaban J connectivity index is 1.54. The number of unbranched alkanes of at least 4 members (excludes halogenated alkanes) is 1. The van der Waals surface area contributed by atoms with E-state index in [1.54, 1.807) is 0 Å². The molecule has 0 unspecified atom stereocenters. The molecule has 0 aromatic heterocycles. The monoisotopic (exact) mass is 387 g/mol. The van der Waals surface area contributed by atoms with E-state index < -0.39 is 5.97 Å². The van der Waals surface area contributed by atoms with Crippen LogP contribution in [0.25, 0.3) is 0 Å². The van der Waals surface area contributed by atoms with Crippen LogP contribution in [0.3, 0.4) is 0 Å². The molecule has 0 heterocycles. The van der Waals surface area contributed by atoms with Crippen LogP contribution in [0.1, 0.15) is 42.4 Å². The van der Waals surface area contributed by atoms with Gasteiger partial charge in [-0.25, -0.2) is 0 Å². The molecule has 2 aliphatic rings. The predicted molar refractivity (Wildman–Crippen MR) is 111 cm³/mol. The van der Waals surface area contributed by atoms with Gasteiger partial charge in [0.1, 0.15) is 0 Å². The quantitative estimate of drug-likeness (QED) is 0.446. The summed E-state index contributed by atoms with van der Waals surface area (Å²) in [6, 6.07) is 4.22. The summed E-state index contributed by atoms with van der Waals surface area (Å²) in [5.74, 6) is 1.76. The minimum Gasteiger partial charge on any atom is -0.481 e. The molecule has 146 valence electrons. The van der Waals surface area contributed by atoms with Crippen molar-refractivity contribution in [1.29, 1.82) is 0 Å². The molecule has 4 atom stereocenters. The summed E-state index contributed by atoms with van der Waals surface area (Å²) in [5.41, 5.74) is 3.64. The summed E-state index contributed by atoms with van der Waals surface area (Å²) < 4.78 is 0. The number of aryl methyl sites for hydroxylation is 2. The van der Waals surface area contributed by atoms with Crippen LogP contribution in [0.15, 0.2) is 36.4 Å². The summed E-state index contributed by atoms with van der Waals surface area (Å²) in [7, 11) is 0. The van der Waals surface area contributed by atoms with Crippen LogP contribution in [0.5, 0.6) is 0 Å². The molecule has 2 aliphatic carbocycles. The van der Waals surface area contributed by atoms with E-state index >= 15 is 0 Å². The minimum absolute atomic E-state index is 0.253. The van der Waals surface area contributed by atoms with Crippen LogP contribution < -0.4 is 5.32 Å². The average molecular weight is 388 g/mol. The van der Waals surface area contributed by atoms with Gasteiger partial charge in [0.05, 0.1) is 0 Å². The third-order valence-electron chi connectivity index (χ3n) is 6.05. The molecule has 1 aromatic rings. The standard InChI is InChI=1S/C23H30ClNO2/c1-15-10-16(2)20(22(24)11-15)13-25-14-21-18-9-8-17(12-18)19(21)6-4-3-5-7-23(26)27/h4,6,8-11,17-19,21,25H,3,5,7,12-14H2,1-2H3,(H,26,27)/b6-4-/t17-,18+,19+,21+/m1/s1. The van der Waals surface area contributed by atoms with Crippen molar-refractivity contribution in [3.8, 4) is 0 Å². The fourth-order valence-corrected chi connectivity index (χ4v) is 5.08. The Labute approximate surface area is 167 Å². The molecule has 27 heavy (non-hydrogen) atoms. The largest absolute Gasteiger partial charge is 0.481 e. The van der Waals surface area contributed by atoms with Crippen molar-refractivity contribution < 1.29 is 9.90 Å².